The third-order valence-electron chi connectivity index (χ3n) is 3.28. The molecule has 0 aromatic carbocycles. The molecule has 2 N–H and O–H groups in total. The zero-order chi connectivity index (χ0) is 12.5. The lowest BCUT2D eigenvalue weighted by Crippen LogP contribution is -2.40. The van der Waals surface area contributed by atoms with Crippen molar-refractivity contribution in [1.29, 1.82) is 0 Å². The first-order chi connectivity index (χ1) is 8.31. The van der Waals surface area contributed by atoms with E-state index in [9.17, 15) is 0 Å². The number of guanidine groups is 1. The maximum Gasteiger partial charge on any atom is 0.191 e. The summed E-state index contributed by atoms with van der Waals surface area (Å²) in [6.07, 6.45) is 3.90. The highest BCUT2D eigenvalue weighted by atomic mass is 127. The van der Waals surface area contributed by atoms with Gasteiger partial charge in [-0.15, -0.1) is 24.0 Å². The summed E-state index contributed by atoms with van der Waals surface area (Å²) < 4.78 is 0. The van der Waals surface area contributed by atoms with Crippen LogP contribution in [0.5, 0.6) is 0 Å². The Labute approximate surface area is 129 Å². The third kappa shape index (κ3) is 6.22. The number of hydrogen-bond donors (Lipinski definition) is 2. The summed E-state index contributed by atoms with van der Waals surface area (Å²) in [6, 6.07) is 0.616. The van der Waals surface area contributed by atoms with Gasteiger partial charge in [0.15, 0.2) is 5.96 Å². The normalized spacial score (nSPS) is 16.8. The fourth-order valence-corrected chi connectivity index (χ4v) is 2.32. The van der Waals surface area contributed by atoms with Gasteiger partial charge in [0.25, 0.3) is 0 Å². The summed E-state index contributed by atoms with van der Waals surface area (Å²) in [5.41, 5.74) is 0. The lowest BCUT2D eigenvalue weighted by molar-refractivity contribution is 0.242. The molecule has 0 radical (unpaired) electrons. The van der Waals surface area contributed by atoms with Gasteiger partial charge in [0.05, 0.1) is 6.54 Å². The second-order valence-electron chi connectivity index (χ2n) is 4.56. The second kappa shape index (κ2) is 10.8. The fraction of sp³-hybridized carbons (Fsp3) is 0.923. The maximum atomic E-state index is 4.67. The molecule has 0 spiro atoms. The Kier molecular flexibility index (Phi) is 10.8. The van der Waals surface area contributed by atoms with Crippen molar-refractivity contribution in [2.45, 2.75) is 46.1 Å². The number of nitrogens with one attached hydrogen (secondary N) is 2. The van der Waals surface area contributed by atoms with Crippen molar-refractivity contribution in [1.82, 2.24) is 15.5 Å². The Morgan fingerprint density at radius 3 is 2.11 bits per heavy atom. The molecule has 0 saturated carbocycles. The number of aliphatic imine (C=N–C) groups is 1. The zero-order valence-corrected chi connectivity index (χ0v) is 14.4. The van der Waals surface area contributed by atoms with E-state index >= 15 is 0 Å². The molecule has 0 amide bonds. The summed E-state index contributed by atoms with van der Waals surface area (Å²) >= 11 is 0. The van der Waals surface area contributed by atoms with E-state index in [1.165, 1.54) is 32.4 Å². The van der Waals surface area contributed by atoms with E-state index in [2.05, 4.69) is 41.3 Å². The SMILES string of the molecule is CCNC(=NCC(CC)N1CCCC1)NCC.I. The molecule has 0 aliphatic carbocycles. The Morgan fingerprint density at radius 2 is 1.67 bits per heavy atom. The number of likely N-dealkylation sites (tertiary alicyclic amines) is 1. The van der Waals surface area contributed by atoms with Gasteiger partial charge < -0.3 is 10.6 Å². The van der Waals surface area contributed by atoms with E-state index in [0.717, 1.165) is 25.6 Å². The minimum absolute atomic E-state index is 0. The van der Waals surface area contributed by atoms with Crippen LogP contribution in [0.2, 0.25) is 0 Å². The highest BCUT2D eigenvalue weighted by molar-refractivity contribution is 14.0. The van der Waals surface area contributed by atoms with Crippen molar-refractivity contribution < 1.29 is 0 Å². The molecule has 1 heterocycles. The number of hydrogen-bond acceptors (Lipinski definition) is 2. The van der Waals surface area contributed by atoms with Gasteiger partial charge in [-0.3, -0.25) is 9.89 Å². The molecule has 1 aliphatic rings. The van der Waals surface area contributed by atoms with E-state index in [1.54, 1.807) is 0 Å². The van der Waals surface area contributed by atoms with E-state index in [0.29, 0.717) is 6.04 Å². The van der Waals surface area contributed by atoms with Crippen molar-refractivity contribution in [3.05, 3.63) is 0 Å². The first-order valence-electron chi connectivity index (χ1n) is 7.08. The minimum Gasteiger partial charge on any atom is -0.357 e. The monoisotopic (exact) mass is 368 g/mol. The summed E-state index contributed by atoms with van der Waals surface area (Å²) in [5.74, 6) is 0.952. The molecule has 4 nitrogen and oxygen atoms in total. The van der Waals surface area contributed by atoms with Gasteiger partial charge in [0.2, 0.25) is 0 Å². The van der Waals surface area contributed by atoms with Gasteiger partial charge in [-0.1, -0.05) is 6.92 Å². The fourth-order valence-electron chi connectivity index (χ4n) is 2.32. The first-order valence-corrected chi connectivity index (χ1v) is 7.08. The molecule has 18 heavy (non-hydrogen) atoms. The van der Waals surface area contributed by atoms with Gasteiger partial charge in [-0.2, -0.15) is 0 Å². The van der Waals surface area contributed by atoms with Crippen LogP contribution >= 0.6 is 24.0 Å². The van der Waals surface area contributed by atoms with E-state index < -0.39 is 0 Å². The molecule has 1 rings (SSSR count). The smallest absolute Gasteiger partial charge is 0.191 e. The molecule has 1 unspecified atom stereocenters. The van der Waals surface area contributed by atoms with E-state index in [4.69, 9.17) is 0 Å². The topological polar surface area (TPSA) is 39.7 Å². The highest BCUT2D eigenvalue weighted by Gasteiger charge is 2.19. The summed E-state index contributed by atoms with van der Waals surface area (Å²) in [7, 11) is 0. The summed E-state index contributed by atoms with van der Waals surface area (Å²) in [5, 5.41) is 6.55. The third-order valence-corrected chi connectivity index (χ3v) is 3.28. The molecule has 1 atom stereocenters. The van der Waals surface area contributed by atoms with Gasteiger partial charge in [-0.05, 0) is 46.2 Å². The molecule has 1 saturated heterocycles. The Balaban J connectivity index is 0.00000289. The Hall–Kier alpha value is -0.0400. The van der Waals surface area contributed by atoms with Crippen LogP contribution in [0.15, 0.2) is 4.99 Å². The predicted octanol–water partition coefficient (Wildman–Crippen LogP) is 2.05. The Morgan fingerprint density at radius 1 is 1.11 bits per heavy atom. The molecule has 0 aromatic heterocycles. The molecule has 1 fully saturated rings. The number of rotatable bonds is 6. The van der Waals surface area contributed by atoms with Gasteiger partial charge >= 0.3 is 0 Å². The van der Waals surface area contributed by atoms with Crippen LogP contribution in [-0.2, 0) is 0 Å². The molecule has 0 aromatic rings. The molecule has 5 heteroatoms. The number of halogens is 1. The van der Waals surface area contributed by atoms with Crippen LogP contribution in [0, 0.1) is 0 Å². The van der Waals surface area contributed by atoms with Crippen molar-refractivity contribution in [2.75, 3.05) is 32.7 Å². The van der Waals surface area contributed by atoms with Gasteiger partial charge in [-0.25, -0.2) is 0 Å². The van der Waals surface area contributed by atoms with Crippen LogP contribution in [0.1, 0.15) is 40.0 Å². The van der Waals surface area contributed by atoms with Crippen LogP contribution < -0.4 is 10.6 Å². The first kappa shape index (κ1) is 18.0. The highest BCUT2D eigenvalue weighted by Crippen LogP contribution is 2.14. The Bertz CT molecular complexity index is 219. The molecular formula is C13H29IN4. The quantitative estimate of drug-likeness (QED) is 0.428. The minimum atomic E-state index is 0. The summed E-state index contributed by atoms with van der Waals surface area (Å²) in [4.78, 5) is 7.25. The average molecular weight is 368 g/mol. The molecule has 1 aliphatic heterocycles. The van der Waals surface area contributed by atoms with Crippen LogP contribution in [-0.4, -0.2) is 49.6 Å². The van der Waals surface area contributed by atoms with Crippen LogP contribution in [0.3, 0.4) is 0 Å². The lowest BCUT2D eigenvalue weighted by atomic mass is 10.2. The van der Waals surface area contributed by atoms with Crippen molar-refractivity contribution in [2.24, 2.45) is 4.99 Å². The molecule has 0 bridgehead atoms. The molecule has 108 valence electrons. The maximum absolute atomic E-state index is 4.67. The average Bonchev–Trinajstić information content (AvgIpc) is 2.84. The number of nitrogens with zero attached hydrogens (tertiary/aromatic N) is 2. The second-order valence-corrected chi connectivity index (χ2v) is 4.56. The van der Waals surface area contributed by atoms with Gasteiger partial charge in [0, 0.05) is 19.1 Å². The summed E-state index contributed by atoms with van der Waals surface area (Å²) in [6.45, 7) is 11.7. The predicted molar refractivity (Wildman–Crippen MR) is 90.0 cm³/mol. The van der Waals surface area contributed by atoms with Crippen LogP contribution in [0.4, 0.5) is 0 Å². The van der Waals surface area contributed by atoms with Gasteiger partial charge in [0.1, 0.15) is 0 Å². The van der Waals surface area contributed by atoms with Crippen molar-refractivity contribution in [3.63, 3.8) is 0 Å². The standard InChI is InChI=1S/C13H28N4.HI/c1-4-12(17-9-7-8-10-17)11-16-13(14-5-2)15-6-3;/h12H,4-11H2,1-3H3,(H2,14,15,16);1H. The lowest BCUT2D eigenvalue weighted by Gasteiger charge is -2.25. The van der Waals surface area contributed by atoms with Crippen molar-refractivity contribution in [3.8, 4) is 0 Å². The van der Waals surface area contributed by atoms with E-state index in [-0.39, 0.29) is 24.0 Å². The largest absolute Gasteiger partial charge is 0.357 e. The zero-order valence-electron chi connectivity index (χ0n) is 12.0. The molecular weight excluding hydrogens is 339 g/mol. The van der Waals surface area contributed by atoms with Crippen LogP contribution in [0.25, 0.3) is 0 Å². The van der Waals surface area contributed by atoms with Crippen molar-refractivity contribution >= 4 is 29.9 Å². The van der Waals surface area contributed by atoms with E-state index in [1.807, 2.05) is 0 Å².